The van der Waals surface area contributed by atoms with E-state index in [2.05, 4.69) is 0 Å². The van der Waals surface area contributed by atoms with E-state index in [9.17, 15) is 16.8 Å². The first-order valence-electron chi connectivity index (χ1n) is 4.86. The Hall–Kier alpha value is -1.55. The Labute approximate surface area is 93.8 Å². The molecular weight excluding hydrogens is 255 g/mol. The van der Waals surface area contributed by atoms with Crippen LogP contribution in [0.3, 0.4) is 0 Å². The number of fused-ring (bicyclic) bond motifs is 3. The molecule has 3 heterocycles. The van der Waals surface area contributed by atoms with Gasteiger partial charge in [-0.25, -0.2) is 0 Å². The average Bonchev–Trinajstić information content (AvgIpc) is 2.44. The van der Waals surface area contributed by atoms with Crippen LogP contribution >= 0.6 is 7.34 Å². The monoisotopic (exact) mass is 263 g/mol. The molecule has 3 rings (SSSR count). The number of aromatic nitrogens is 2. The average molecular weight is 263 g/mol. The van der Waals surface area contributed by atoms with Gasteiger partial charge in [0, 0.05) is 0 Å². The number of hydrogen-bond acceptors (Lipinski definition) is 0. The molecule has 2 aromatic rings. The van der Waals surface area contributed by atoms with E-state index in [0.717, 1.165) is 16.8 Å². The first-order chi connectivity index (χ1) is 7.74. The number of pyridine rings is 2. The molecule has 1 aliphatic rings. The van der Waals surface area contributed by atoms with E-state index in [1.807, 2.05) is 0 Å². The summed E-state index contributed by atoms with van der Waals surface area (Å²) < 4.78 is 56.8. The SMILES string of the molecule is F[P-]1(F)(F)(F)c2cccc[n+]2-c2cccc[n+]21. The zero-order chi connectivity index (χ0) is 12.4. The molecule has 90 valence electrons. The van der Waals surface area contributed by atoms with Crippen molar-refractivity contribution in [2.75, 3.05) is 0 Å². The second kappa shape index (κ2) is 2.34. The van der Waals surface area contributed by atoms with Crippen molar-refractivity contribution in [3.05, 3.63) is 48.8 Å². The molecule has 2 aromatic heterocycles. The van der Waals surface area contributed by atoms with Crippen LogP contribution in [0.1, 0.15) is 0 Å². The molecule has 0 atom stereocenters. The van der Waals surface area contributed by atoms with E-state index in [-0.39, 0.29) is 10.2 Å². The van der Waals surface area contributed by atoms with Crippen LogP contribution in [0.2, 0.25) is 0 Å². The van der Waals surface area contributed by atoms with Gasteiger partial charge in [-0.3, -0.25) is 0 Å². The molecule has 7 heteroatoms. The summed E-state index contributed by atoms with van der Waals surface area (Å²) in [5.74, 6) is -0.228. The van der Waals surface area contributed by atoms with Crippen LogP contribution in [0.4, 0.5) is 16.8 Å². The fourth-order valence-corrected chi connectivity index (χ4v) is 4.16. The van der Waals surface area contributed by atoms with Gasteiger partial charge in [0.15, 0.2) is 0 Å². The third-order valence-corrected chi connectivity index (χ3v) is 5.25. The van der Waals surface area contributed by atoms with Crippen molar-refractivity contribution in [1.82, 2.24) is 0 Å². The van der Waals surface area contributed by atoms with E-state index in [4.69, 9.17) is 0 Å². The molecule has 17 heavy (non-hydrogen) atoms. The summed E-state index contributed by atoms with van der Waals surface area (Å²) in [5.41, 5.74) is -1.23. The molecule has 0 spiro atoms. The van der Waals surface area contributed by atoms with Crippen LogP contribution < -0.4 is 14.3 Å². The second-order valence-corrected chi connectivity index (χ2v) is 7.09. The summed E-state index contributed by atoms with van der Waals surface area (Å²) in [5, 5.41) is 0. The molecule has 0 bridgehead atoms. The third kappa shape index (κ3) is 1.13. The van der Waals surface area contributed by atoms with Gasteiger partial charge in [0.05, 0.1) is 0 Å². The fraction of sp³-hybridized carbons (Fsp3) is 0. The Morgan fingerprint density at radius 1 is 0.824 bits per heavy atom. The van der Waals surface area contributed by atoms with Crippen molar-refractivity contribution in [3.63, 3.8) is 0 Å². The van der Waals surface area contributed by atoms with Crippen LogP contribution in [0.5, 0.6) is 0 Å². The molecule has 0 saturated carbocycles. The predicted molar refractivity (Wildman–Crippen MR) is 54.6 cm³/mol. The predicted octanol–water partition coefficient (Wildman–Crippen LogP) is 2.28. The first-order valence-corrected chi connectivity index (χ1v) is 7.06. The van der Waals surface area contributed by atoms with Crippen molar-refractivity contribution in [3.8, 4) is 5.82 Å². The van der Waals surface area contributed by atoms with Gasteiger partial charge in [0.1, 0.15) is 0 Å². The molecule has 0 fully saturated rings. The summed E-state index contributed by atoms with van der Waals surface area (Å²) in [6.07, 6.45) is 1.93. The Bertz CT molecular complexity index is 598. The molecule has 0 aromatic carbocycles. The van der Waals surface area contributed by atoms with E-state index in [0.29, 0.717) is 0 Å². The quantitative estimate of drug-likeness (QED) is 0.391. The van der Waals surface area contributed by atoms with E-state index in [1.54, 1.807) is 0 Å². The van der Waals surface area contributed by atoms with Gasteiger partial charge in [-0.1, -0.05) is 0 Å². The maximum atomic E-state index is 14.1. The summed E-state index contributed by atoms with van der Waals surface area (Å²) >= 11 is 0. The number of nitrogens with zero attached hydrogens (tertiary/aromatic N) is 2. The minimum atomic E-state index is -8.67. The Balaban J connectivity index is 2.59. The van der Waals surface area contributed by atoms with Crippen LogP contribution in [-0.2, 0) is 0 Å². The van der Waals surface area contributed by atoms with E-state index < -0.39 is 12.8 Å². The molecule has 0 radical (unpaired) electrons. The van der Waals surface area contributed by atoms with Crippen LogP contribution in [0, 0.1) is 0 Å². The van der Waals surface area contributed by atoms with E-state index in [1.165, 1.54) is 36.5 Å². The van der Waals surface area contributed by atoms with Gasteiger partial charge >= 0.3 is 93.1 Å². The Kier molecular flexibility index (Phi) is 1.46. The Morgan fingerprint density at radius 2 is 1.47 bits per heavy atom. The molecule has 0 amide bonds. The minimum absolute atomic E-state index is 0.181. The number of rotatable bonds is 0. The molecule has 0 aliphatic carbocycles. The van der Waals surface area contributed by atoms with Gasteiger partial charge in [-0.15, -0.1) is 0 Å². The van der Waals surface area contributed by atoms with E-state index >= 15 is 0 Å². The summed E-state index contributed by atoms with van der Waals surface area (Å²) in [6, 6.07) is 7.23. The summed E-state index contributed by atoms with van der Waals surface area (Å²) in [4.78, 5) is 0. The summed E-state index contributed by atoms with van der Waals surface area (Å²) in [6.45, 7) is 0. The maximum absolute atomic E-state index is 14.1. The van der Waals surface area contributed by atoms with Crippen molar-refractivity contribution in [1.29, 1.82) is 0 Å². The Morgan fingerprint density at radius 3 is 2.24 bits per heavy atom. The van der Waals surface area contributed by atoms with Gasteiger partial charge in [0.25, 0.3) is 0 Å². The second-order valence-electron chi connectivity index (χ2n) is 3.96. The van der Waals surface area contributed by atoms with Gasteiger partial charge in [-0.05, 0) is 0 Å². The number of halogens is 4. The standard InChI is InChI=1S/C10H8F4N2P/c11-17(12,13,14)10-6-2-3-7-15(10)9-5-1-4-8-16(9)17/h1-8H/q+1. The third-order valence-electron chi connectivity index (χ3n) is 2.79. The van der Waals surface area contributed by atoms with Crippen molar-refractivity contribution >= 4 is 12.8 Å². The van der Waals surface area contributed by atoms with Gasteiger partial charge < -0.3 is 0 Å². The first kappa shape index (κ1) is 10.6. The fourth-order valence-electron chi connectivity index (χ4n) is 2.05. The molecule has 0 unspecified atom stereocenters. The van der Waals surface area contributed by atoms with Crippen LogP contribution in [0.25, 0.3) is 5.82 Å². The molecule has 0 saturated heterocycles. The van der Waals surface area contributed by atoms with Gasteiger partial charge in [-0.2, -0.15) is 0 Å². The van der Waals surface area contributed by atoms with Crippen LogP contribution in [-0.4, -0.2) is 0 Å². The van der Waals surface area contributed by atoms with Gasteiger partial charge in [0.2, 0.25) is 0 Å². The zero-order valence-corrected chi connectivity index (χ0v) is 9.37. The summed E-state index contributed by atoms with van der Waals surface area (Å²) in [7, 11) is -8.67. The topological polar surface area (TPSA) is 7.76 Å². The van der Waals surface area contributed by atoms with Crippen LogP contribution in [0.15, 0.2) is 48.8 Å². The molecular formula is C10H8F4N2P+. The normalized spacial score (nSPS) is 25.6. The van der Waals surface area contributed by atoms with Crippen molar-refractivity contribution in [2.45, 2.75) is 0 Å². The molecule has 1 aliphatic heterocycles. The van der Waals surface area contributed by atoms with Crippen molar-refractivity contribution < 1.29 is 25.7 Å². The number of hydrogen-bond donors (Lipinski definition) is 0. The molecule has 0 N–H and O–H groups in total. The van der Waals surface area contributed by atoms with Crippen molar-refractivity contribution in [2.24, 2.45) is 0 Å². The molecule has 2 nitrogen and oxygen atoms in total. The zero-order valence-electron chi connectivity index (χ0n) is 8.47.